The third-order valence-electron chi connectivity index (χ3n) is 3.87. The Morgan fingerprint density at radius 3 is 2.54 bits per heavy atom. The van der Waals surface area contributed by atoms with Crippen LogP contribution in [0.3, 0.4) is 0 Å². The molecule has 0 spiro atoms. The monoisotopic (exact) mass is 378 g/mol. The van der Waals surface area contributed by atoms with Crippen molar-refractivity contribution in [1.29, 1.82) is 0 Å². The molecule has 0 bridgehead atoms. The third-order valence-corrected chi connectivity index (χ3v) is 3.87. The lowest BCUT2D eigenvalue weighted by Gasteiger charge is -2.07. The van der Waals surface area contributed by atoms with E-state index in [1.807, 2.05) is 62.4 Å². The molecule has 1 heterocycles. The fraction of sp³-hybridized carbons (Fsp3) is 0.190. The second-order valence-electron chi connectivity index (χ2n) is 5.77. The predicted octanol–water partition coefficient (Wildman–Crippen LogP) is 3.64. The molecule has 0 saturated heterocycles. The Labute approximate surface area is 163 Å². The van der Waals surface area contributed by atoms with Gasteiger partial charge in [0, 0.05) is 11.1 Å². The number of para-hydroxylation sites is 2. The largest absolute Gasteiger partial charge is 0.493 e. The second kappa shape index (κ2) is 9.36. The van der Waals surface area contributed by atoms with Crippen LogP contribution in [-0.2, 0) is 0 Å². The van der Waals surface area contributed by atoms with Gasteiger partial charge in [-0.25, -0.2) is 5.43 Å². The lowest BCUT2D eigenvalue weighted by molar-refractivity contribution is 0.0950. The highest BCUT2D eigenvalue weighted by atomic mass is 16.5. The highest BCUT2D eigenvalue weighted by Gasteiger charge is 2.13. The molecule has 144 valence electrons. The number of hydrazone groups is 1. The molecule has 3 aromatic rings. The van der Waals surface area contributed by atoms with E-state index in [0.29, 0.717) is 36.1 Å². The van der Waals surface area contributed by atoms with Gasteiger partial charge in [-0.05, 0) is 44.2 Å². The first-order valence-corrected chi connectivity index (χ1v) is 9.05. The maximum atomic E-state index is 12.3. The van der Waals surface area contributed by atoms with Crippen LogP contribution in [-0.4, -0.2) is 35.5 Å². The molecule has 2 N–H and O–H groups in total. The number of benzene rings is 2. The summed E-state index contributed by atoms with van der Waals surface area (Å²) >= 11 is 0. The highest BCUT2D eigenvalue weighted by Crippen LogP contribution is 2.28. The van der Waals surface area contributed by atoms with Gasteiger partial charge >= 0.3 is 0 Å². The predicted molar refractivity (Wildman–Crippen MR) is 108 cm³/mol. The molecule has 0 aliphatic rings. The number of aromatic nitrogens is 2. The van der Waals surface area contributed by atoms with Crippen molar-refractivity contribution in [3.63, 3.8) is 0 Å². The van der Waals surface area contributed by atoms with E-state index in [-0.39, 0.29) is 0 Å². The second-order valence-corrected chi connectivity index (χ2v) is 5.77. The molecule has 1 amide bonds. The average Bonchev–Trinajstić information content (AvgIpc) is 3.20. The van der Waals surface area contributed by atoms with E-state index in [1.54, 1.807) is 12.3 Å². The first-order chi connectivity index (χ1) is 13.7. The van der Waals surface area contributed by atoms with Crippen LogP contribution in [0.2, 0.25) is 0 Å². The van der Waals surface area contributed by atoms with E-state index in [1.165, 1.54) is 0 Å². The Balaban J connectivity index is 1.70. The van der Waals surface area contributed by atoms with Gasteiger partial charge in [-0.3, -0.25) is 9.89 Å². The normalized spacial score (nSPS) is 10.8. The van der Waals surface area contributed by atoms with Crippen LogP contribution in [0.5, 0.6) is 11.5 Å². The number of ether oxygens (including phenoxy) is 2. The van der Waals surface area contributed by atoms with Crippen LogP contribution in [0.1, 0.15) is 29.9 Å². The lowest BCUT2D eigenvalue weighted by atomic mass is 10.1. The zero-order chi connectivity index (χ0) is 19.8. The summed E-state index contributed by atoms with van der Waals surface area (Å²) in [6, 6.07) is 16.7. The smallest absolute Gasteiger partial charge is 0.289 e. The van der Waals surface area contributed by atoms with E-state index in [9.17, 15) is 4.79 Å². The Morgan fingerprint density at radius 1 is 1.07 bits per heavy atom. The fourth-order valence-corrected chi connectivity index (χ4v) is 2.63. The van der Waals surface area contributed by atoms with Crippen molar-refractivity contribution in [3.8, 4) is 22.8 Å². The third kappa shape index (κ3) is 4.56. The van der Waals surface area contributed by atoms with Crippen molar-refractivity contribution in [1.82, 2.24) is 15.6 Å². The zero-order valence-corrected chi connectivity index (χ0v) is 15.8. The van der Waals surface area contributed by atoms with Gasteiger partial charge < -0.3 is 9.47 Å². The first kappa shape index (κ1) is 19.2. The van der Waals surface area contributed by atoms with E-state index < -0.39 is 5.91 Å². The van der Waals surface area contributed by atoms with Crippen molar-refractivity contribution in [2.24, 2.45) is 5.10 Å². The maximum absolute atomic E-state index is 12.3. The van der Waals surface area contributed by atoms with Gasteiger partial charge in [-0.15, -0.1) is 0 Å². The lowest BCUT2D eigenvalue weighted by Crippen LogP contribution is -2.18. The van der Waals surface area contributed by atoms with E-state index >= 15 is 0 Å². The summed E-state index contributed by atoms with van der Waals surface area (Å²) in [5.41, 5.74) is 5.01. The van der Waals surface area contributed by atoms with E-state index in [4.69, 9.17) is 9.47 Å². The van der Waals surface area contributed by atoms with Crippen LogP contribution < -0.4 is 14.9 Å². The van der Waals surface area contributed by atoms with Gasteiger partial charge in [0.15, 0.2) is 0 Å². The summed E-state index contributed by atoms with van der Waals surface area (Å²) in [5.74, 6) is 1.03. The molecule has 0 atom stereocenters. The molecule has 0 radical (unpaired) electrons. The van der Waals surface area contributed by atoms with Gasteiger partial charge in [0.1, 0.15) is 17.2 Å². The summed E-state index contributed by atoms with van der Waals surface area (Å²) in [6.45, 7) is 4.93. The van der Waals surface area contributed by atoms with Crippen LogP contribution in [0.25, 0.3) is 11.3 Å². The number of aromatic amines is 1. The fourth-order valence-electron chi connectivity index (χ4n) is 2.63. The van der Waals surface area contributed by atoms with Crippen LogP contribution in [0.15, 0.2) is 59.7 Å². The van der Waals surface area contributed by atoms with Gasteiger partial charge in [0.25, 0.3) is 5.91 Å². The quantitative estimate of drug-likeness (QED) is 0.463. The van der Waals surface area contributed by atoms with Gasteiger partial charge in [-0.2, -0.15) is 10.2 Å². The molecule has 0 unspecified atom stereocenters. The zero-order valence-electron chi connectivity index (χ0n) is 15.8. The summed E-state index contributed by atoms with van der Waals surface area (Å²) in [6.07, 6.45) is 1.55. The molecule has 28 heavy (non-hydrogen) atoms. The molecule has 0 saturated carbocycles. The van der Waals surface area contributed by atoms with Crippen LogP contribution in [0, 0.1) is 0 Å². The van der Waals surface area contributed by atoms with Crippen LogP contribution in [0.4, 0.5) is 0 Å². The standard InChI is InChI=1S/C21H22N4O3/c1-3-27-19-11-7-5-9-15(19)14-22-25-21(26)18-13-17(23-24-18)16-10-6-8-12-20(16)28-4-2/h5-14H,3-4H2,1-2H3,(H,23,24)(H,25,26)/b22-14+. The Morgan fingerprint density at radius 2 is 1.75 bits per heavy atom. The minimum absolute atomic E-state index is 0.302. The summed E-state index contributed by atoms with van der Waals surface area (Å²) in [7, 11) is 0. The summed E-state index contributed by atoms with van der Waals surface area (Å²) < 4.78 is 11.1. The highest BCUT2D eigenvalue weighted by molar-refractivity contribution is 5.94. The first-order valence-electron chi connectivity index (χ1n) is 9.05. The van der Waals surface area contributed by atoms with Crippen molar-refractivity contribution >= 4 is 12.1 Å². The minimum Gasteiger partial charge on any atom is -0.493 e. The average molecular weight is 378 g/mol. The number of hydrogen-bond donors (Lipinski definition) is 2. The number of rotatable bonds is 8. The number of amides is 1. The molecule has 0 aliphatic heterocycles. The number of carbonyl (C=O) groups excluding carboxylic acids is 1. The van der Waals surface area contributed by atoms with Gasteiger partial charge in [0.2, 0.25) is 0 Å². The van der Waals surface area contributed by atoms with Crippen molar-refractivity contribution in [3.05, 3.63) is 65.9 Å². The number of nitrogens with zero attached hydrogens (tertiary/aromatic N) is 2. The Hall–Kier alpha value is -3.61. The SMILES string of the molecule is CCOc1ccccc1/C=N/NC(=O)c1cc(-c2ccccc2OCC)n[nH]1. The molecular formula is C21H22N4O3. The summed E-state index contributed by atoms with van der Waals surface area (Å²) in [4.78, 5) is 12.3. The molecule has 0 fully saturated rings. The number of carbonyl (C=O) groups is 1. The molecular weight excluding hydrogens is 356 g/mol. The Bertz CT molecular complexity index is 966. The molecule has 7 nitrogen and oxygen atoms in total. The van der Waals surface area contributed by atoms with E-state index in [2.05, 4.69) is 20.7 Å². The Kier molecular flexibility index (Phi) is 6.41. The molecule has 0 aliphatic carbocycles. The molecule has 2 aromatic carbocycles. The van der Waals surface area contributed by atoms with Crippen LogP contribution >= 0.6 is 0 Å². The minimum atomic E-state index is -0.391. The number of nitrogens with one attached hydrogen (secondary N) is 2. The topological polar surface area (TPSA) is 88.6 Å². The number of H-pyrrole nitrogens is 1. The van der Waals surface area contributed by atoms with Crippen molar-refractivity contribution in [2.45, 2.75) is 13.8 Å². The number of hydrogen-bond acceptors (Lipinski definition) is 5. The molecule has 1 aromatic heterocycles. The maximum Gasteiger partial charge on any atom is 0.289 e. The molecule has 3 rings (SSSR count). The van der Waals surface area contributed by atoms with Crippen molar-refractivity contribution in [2.75, 3.05) is 13.2 Å². The summed E-state index contributed by atoms with van der Waals surface area (Å²) in [5, 5.41) is 11.0. The molecule has 7 heteroatoms. The van der Waals surface area contributed by atoms with E-state index in [0.717, 1.165) is 11.1 Å². The van der Waals surface area contributed by atoms with Gasteiger partial charge in [-0.1, -0.05) is 24.3 Å². The van der Waals surface area contributed by atoms with Gasteiger partial charge in [0.05, 0.1) is 25.1 Å². The van der Waals surface area contributed by atoms with Crippen molar-refractivity contribution < 1.29 is 14.3 Å².